The molecule has 130 valence electrons. The molecule has 1 heterocycles. The van der Waals surface area contributed by atoms with Crippen molar-refractivity contribution in [2.24, 2.45) is 17.8 Å². The molecule has 4 heteroatoms. The third-order valence-electron chi connectivity index (χ3n) is 7.26. The Kier molecular flexibility index (Phi) is 3.47. The molecule has 0 unspecified atom stereocenters. The van der Waals surface area contributed by atoms with Crippen molar-refractivity contribution in [3.8, 4) is 11.5 Å². The van der Waals surface area contributed by atoms with Crippen molar-refractivity contribution in [2.45, 2.75) is 44.6 Å². The summed E-state index contributed by atoms with van der Waals surface area (Å²) < 4.78 is 5.38. The highest BCUT2D eigenvalue weighted by Crippen LogP contribution is 2.60. The summed E-state index contributed by atoms with van der Waals surface area (Å²) >= 11 is 0. The largest absolute Gasteiger partial charge is 0.504 e. The Morgan fingerprint density at radius 2 is 2.08 bits per heavy atom. The quantitative estimate of drug-likeness (QED) is 0.861. The number of ketones is 1. The van der Waals surface area contributed by atoms with Gasteiger partial charge in [-0.05, 0) is 49.9 Å². The molecule has 1 aromatic carbocycles. The maximum Gasteiger partial charge on any atom is 0.161 e. The number of hydrogen-bond donors (Lipinski definition) is 1. The fraction of sp³-hybridized carbons (Fsp3) is 0.650. The number of fused-ring (bicyclic) bond motifs is 1. The number of rotatable bonds is 1. The molecule has 0 aromatic heterocycles. The molecule has 1 N–H and O–H groups in total. The Hall–Kier alpha value is -1.55. The lowest BCUT2D eigenvalue weighted by molar-refractivity contribution is -0.137. The number of hydrogen-bond acceptors (Lipinski definition) is 4. The second-order valence-electron chi connectivity index (χ2n) is 8.13. The third kappa shape index (κ3) is 1.86. The second-order valence-corrected chi connectivity index (χ2v) is 8.13. The van der Waals surface area contributed by atoms with Gasteiger partial charge in [-0.15, -0.1) is 0 Å². The van der Waals surface area contributed by atoms with Crippen LogP contribution in [0.15, 0.2) is 12.1 Å². The second kappa shape index (κ2) is 5.22. The van der Waals surface area contributed by atoms with E-state index in [0.717, 1.165) is 24.9 Å². The lowest BCUT2D eigenvalue weighted by Gasteiger charge is -2.61. The van der Waals surface area contributed by atoms with Gasteiger partial charge in [0.15, 0.2) is 11.5 Å². The predicted octanol–water partition coefficient (Wildman–Crippen LogP) is 2.76. The van der Waals surface area contributed by atoms with E-state index in [-0.39, 0.29) is 17.1 Å². The van der Waals surface area contributed by atoms with Crippen LogP contribution in [-0.2, 0) is 16.6 Å². The van der Waals surface area contributed by atoms with Crippen molar-refractivity contribution in [1.82, 2.24) is 4.90 Å². The van der Waals surface area contributed by atoms with Gasteiger partial charge in [0.2, 0.25) is 0 Å². The molecular formula is C20H27NO3. The number of ether oxygens (including phenoxy) is 1. The van der Waals surface area contributed by atoms with Gasteiger partial charge in [-0.1, -0.05) is 19.9 Å². The van der Waals surface area contributed by atoms with E-state index < -0.39 is 0 Å². The van der Waals surface area contributed by atoms with E-state index in [0.29, 0.717) is 35.8 Å². The van der Waals surface area contributed by atoms with E-state index in [1.165, 1.54) is 5.56 Å². The minimum Gasteiger partial charge on any atom is -0.504 e. The van der Waals surface area contributed by atoms with Gasteiger partial charge >= 0.3 is 0 Å². The molecular weight excluding hydrogens is 302 g/mol. The fourth-order valence-corrected chi connectivity index (χ4v) is 5.88. The Morgan fingerprint density at radius 3 is 2.79 bits per heavy atom. The minimum absolute atomic E-state index is 0.103. The SMILES string of the molecule is COc1ccc2c(c1O)[C@@]13CCN(C)[C@H](C2)[C@@H]1[C@@H](C)[C@@H](C)C(=O)C3. The first-order valence-electron chi connectivity index (χ1n) is 9.03. The van der Waals surface area contributed by atoms with Gasteiger partial charge in [-0.25, -0.2) is 0 Å². The predicted molar refractivity (Wildman–Crippen MR) is 92.5 cm³/mol. The number of aromatic hydroxyl groups is 1. The van der Waals surface area contributed by atoms with Gasteiger partial charge in [-0.3, -0.25) is 4.79 Å². The van der Waals surface area contributed by atoms with Gasteiger partial charge in [0.25, 0.3) is 0 Å². The molecule has 2 fully saturated rings. The lowest BCUT2D eigenvalue weighted by Crippen LogP contribution is -2.64. The molecule has 2 bridgehead atoms. The van der Waals surface area contributed by atoms with Gasteiger partial charge in [-0.2, -0.15) is 0 Å². The number of methoxy groups -OCH3 is 1. The summed E-state index contributed by atoms with van der Waals surface area (Å²) in [4.78, 5) is 15.2. The number of likely N-dealkylation sites (N-methyl/N-ethyl adjacent to an activating group) is 1. The molecule has 1 aliphatic heterocycles. The summed E-state index contributed by atoms with van der Waals surface area (Å²) in [7, 11) is 3.80. The normalized spacial score (nSPS) is 38.4. The van der Waals surface area contributed by atoms with Crippen LogP contribution in [0.25, 0.3) is 0 Å². The van der Waals surface area contributed by atoms with E-state index in [2.05, 4.69) is 31.9 Å². The van der Waals surface area contributed by atoms with Crippen LogP contribution in [0, 0.1) is 17.8 Å². The summed E-state index contributed by atoms with van der Waals surface area (Å²) in [6.45, 7) is 5.29. The molecule has 4 rings (SSSR count). The van der Waals surface area contributed by atoms with E-state index in [9.17, 15) is 9.90 Å². The first-order valence-corrected chi connectivity index (χ1v) is 9.03. The average Bonchev–Trinajstić information content (AvgIpc) is 2.56. The fourth-order valence-electron chi connectivity index (χ4n) is 5.88. The van der Waals surface area contributed by atoms with Crippen molar-refractivity contribution in [1.29, 1.82) is 0 Å². The number of benzene rings is 1. The average molecular weight is 329 g/mol. The Labute approximate surface area is 143 Å². The topological polar surface area (TPSA) is 49.8 Å². The zero-order valence-corrected chi connectivity index (χ0v) is 15.0. The van der Waals surface area contributed by atoms with Crippen LogP contribution in [0.5, 0.6) is 11.5 Å². The minimum atomic E-state index is -0.230. The molecule has 4 nitrogen and oxygen atoms in total. The van der Waals surface area contributed by atoms with Crippen molar-refractivity contribution in [3.05, 3.63) is 23.3 Å². The Morgan fingerprint density at radius 1 is 1.33 bits per heavy atom. The number of Topliss-reactive ketones (excluding diaryl/α,β-unsaturated/α-hetero) is 1. The maximum absolute atomic E-state index is 12.8. The third-order valence-corrected chi connectivity index (χ3v) is 7.26. The molecule has 24 heavy (non-hydrogen) atoms. The first kappa shape index (κ1) is 15.9. The van der Waals surface area contributed by atoms with Crippen molar-refractivity contribution < 1.29 is 14.6 Å². The molecule has 0 radical (unpaired) electrons. The molecule has 5 atom stereocenters. The summed E-state index contributed by atoms with van der Waals surface area (Å²) in [6, 6.07) is 4.40. The van der Waals surface area contributed by atoms with Crippen LogP contribution in [0.3, 0.4) is 0 Å². The van der Waals surface area contributed by atoms with Gasteiger partial charge in [0.1, 0.15) is 5.78 Å². The molecule has 3 aliphatic rings. The number of phenols is 1. The number of carbonyl (C=O) groups is 1. The molecule has 0 spiro atoms. The highest BCUT2D eigenvalue weighted by molar-refractivity contribution is 5.84. The van der Waals surface area contributed by atoms with E-state index in [1.807, 2.05) is 6.07 Å². The molecule has 2 aliphatic carbocycles. The van der Waals surface area contributed by atoms with Gasteiger partial charge in [0.05, 0.1) is 7.11 Å². The molecule has 1 aromatic rings. The van der Waals surface area contributed by atoms with E-state index in [4.69, 9.17) is 4.74 Å². The zero-order chi connectivity index (χ0) is 17.2. The molecule has 0 amide bonds. The van der Waals surface area contributed by atoms with Crippen molar-refractivity contribution in [3.63, 3.8) is 0 Å². The van der Waals surface area contributed by atoms with Crippen molar-refractivity contribution >= 4 is 5.78 Å². The molecule has 1 saturated carbocycles. The van der Waals surface area contributed by atoms with Crippen LogP contribution in [0.2, 0.25) is 0 Å². The van der Waals surface area contributed by atoms with Gasteiger partial charge in [0, 0.05) is 29.4 Å². The first-order chi connectivity index (χ1) is 11.4. The smallest absolute Gasteiger partial charge is 0.161 e. The van der Waals surface area contributed by atoms with Crippen LogP contribution >= 0.6 is 0 Å². The summed E-state index contributed by atoms with van der Waals surface area (Å²) in [6.07, 6.45) is 2.43. The van der Waals surface area contributed by atoms with Crippen molar-refractivity contribution in [2.75, 3.05) is 20.7 Å². The number of phenolic OH excluding ortho intramolecular Hbond substituents is 1. The molecule has 1 saturated heterocycles. The highest BCUT2D eigenvalue weighted by atomic mass is 16.5. The van der Waals surface area contributed by atoms with Crippen LogP contribution < -0.4 is 4.74 Å². The monoisotopic (exact) mass is 329 g/mol. The Balaban J connectivity index is 1.97. The zero-order valence-electron chi connectivity index (χ0n) is 15.0. The maximum atomic E-state index is 12.8. The van der Waals surface area contributed by atoms with E-state index >= 15 is 0 Å². The Bertz CT molecular complexity index is 700. The van der Waals surface area contributed by atoms with E-state index in [1.54, 1.807) is 7.11 Å². The highest BCUT2D eigenvalue weighted by Gasteiger charge is 2.60. The summed E-state index contributed by atoms with van der Waals surface area (Å²) in [5.74, 6) is 1.98. The number of piperidine rings is 1. The summed E-state index contributed by atoms with van der Waals surface area (Å²) in [5, 5.41) is 10.9. The van der Waals surface area contributed by atoms with Gasteiger partial charge < -0.3 is 14.7 Å². The van der Waals surface area contributed by atoms with Crippen LogP contribution in [0.4, 0.5) is 0 Å². The lowest BCUT2D eigenvalue weighted by atomic mass is 9.47. The van der Waals surface area contributed by atoms with Crippen LogP contribution in [-0.4, -0.2) is 42.5 Å². The number of nitrogens with zero attached hydrogens (tertiary/aromatic N) is 1. The number of carbonyl (C=O) groups excluding carboxylic acids is 1. The standard InChI is InChI=1S/C20H27NO3/c1-11-12(2)17-14-9-13-5-6-16(24-4)19(23)18(13)20(17,10-15(11)22)7-8-21(14)3/h5-6,11-12,14,17,23H,7-10H2,1-4H3/t11-,12+,14-,17+,20-/m1/s1. The summed E-state index contributed by atoms with van der Waals surface area (Å²) in [5.41, 5.74) is 1.96. The number of likely N-dealkylation sites (tertiary alicyclic amines) is 1. The van der Waals surface area contributed by atoms with Crippen LogP contribution in [0.1, 0.15) is 37.8 Å².